The van der Waals surface area contributed by atoms with E-state index in [2.05, 4.69) is 11.8 Å². The van der Waals surface area contributed by atoms with Gasteiger partial charge in [-0.1, -0.05) is 6.92 Å². The van der Waals surface area contributed by atoms with E-state index in [9.17, 15) is 4.79 Å². The van der Waals surface area contributed by atoms with Crippen LogP contribution in [0.15, 0.2) is 0 Å². The molecule has 1 fully saturated rings. The summed E-state index contributed by atoms with van der Waals surface area (Å²) >= 11 is 0. The smallest absolute Gasteiger partial charge is 0.172 e. The normalized spacial score (nSPS) is 16.2. The maximum absolute atomic E-state index is 11.4. The molecule has 0 bridgehead atoms. The molecule has 0 saturated heterocycles. The zero-order chi connectivity index (χ0) is 10.4. The summed E-state index contributed by atoms with van der Waals surface area (Å²) in [5.41, 5.74) is 0. The highest BCUT2D eigenvalue weighted by molar-refractivity contribution is 5.81. The third-order valence-electron chi connectivity index (χ3n) is 2.46. The van der Waals surface area contributed by atoms with E-state index in [0.29, 0.717) is 6.54 Å². The van der Waals surface area contributed by atoms with Gasteiger partial charge in [0, 0.05) is 13.7 Å². The van der Waals surface area contributed by atoms with Crippen molar-refractivity contribution in [2.45, 2.75) is 26.2 Å². The van der Waals surface area contributed by atoms with E-state index in [1.54, 1.807) is 7.11 Å². The molecule has 3 nitrogen and oxygen atoms in total. The molecule has 82 valence electrons. The molecule has 0 heterocycles. The second kappa shape index (κ2) is 6.14. The quantitative estimate of drug-likeness (QED) is 0.590. The van der Waals surface area contributed by atoms with E-state index >= 15 is 0 Å². The summed E-state index contributed by atoms with van der Waals surface area (Å²) in [6.07, 6.45) is 3.81. The Morgan fingerprint density at radius 2 is 2.21 bits per heavy atom. The van der Waals surface area contributed by atoms with E-state index in [1.165, 1.54) is 12.8 Å². The average molecular weight is 199 g/mol. The minimum atomic E-state index is 0.196. The van der Waals surface area contributed by atoms with E-state index in [0.717, 1.165) is 25.4 Å². The number of hydrogen-bond acceptors (Lipinski definition) is 3. The summed E-state index contributed by atoms with van der Waals surface area (Å²) in [6.45, 7) is 5.11. The molecule has 0 radical (unpaired) electrons. The van der Waals surface area contributed by atoms with Crippen LogP contribution in [0.1, 0.15) is 26.2 Å². The summed E-state index contributed by atoms with van der Waals surface area (Å²) in [4.78, 5) is 13.6. The van der Waals surface area contributed by atoms with Crippen LogP contribution in [0.5, 0.6) is 0 Å². The Hall–Kier alpha value is -0.410. The second-order valence-electron chi connectivity index (χ2n) is 4.15. The highest BCUT2D eigenvalue weighted by Crippen LogP contribution is 2.29. The number of rotatable bonds is 8. The van der Waals surface area contributed by atoms with Crippen LogP contribution in [0.25, 0.3) is 0 Å². The lowest BCUT2D eigenvalue weighted by Crippen LogP contribution is -2.33. The fourth-order valence-electron chi connectivity index (χ4n) is 1.67. The maximum atomic E-state index is 11.4. The molecule has 0 aliphatic heterocycles. The van der Waals surface area contributed by atoms with Crippen molar-refractivity contribution in [2.75, 3.05) is 33.4 Å². The van der Waals surface area contributed by atoms with E-state index in [4.69, 9.17) is 4.74 Å². The number of ketones is 1. The predicted molar refractivity (Wildman–Crippen MR) is 56.3 cm³/mol. The third-order valence-corrected chi connectivity index (χ3v) is 2.46. The summed E-state index contributed by atoms with van der Waals surface area (Å²) in [7, 11) is 1.57. The van der Waals surface area contributed by atoms with E-state index in [-0.39, 0.29) is 12.4 Å². The van der Waals surface area contributed by atoms with Gasteiger partial charge in [-0.3, -0.25) is 9.69 Å². The lowest BCUT2D eigenvalue weighted by Gasteiger charge is -2.20. The zero-order valence-electron chi connectivity index (χ0n) is 9.29. The fraction of sp³-hybridized carbons (Fsp3) is 0.909. The largest absolute Gasteiger partial charge is 0.377 e. The van der Waals surface area contributed by atoms with Gasteiger partial charge >= 0.3 is 0 Å². The molecular formula is C11H21NO2. The molecule has 0 aromatic carbocycles. The Labute approximate surface area is 86.4 Å². The Balaban J connectivity index is 2.21. The van der Waals surface area contributed by atoms with Crippen molar-refractivity contribution in [3.63, 3.8) is 0 Å². The average Bonchev–Trinajstić information content (AvgIpc) is 2.89. The molecule has 1 aliphatic carbocycles. The molecule has 14 heavy (non-hydrogen) atoms. The molecule has 1 rings (SSSR count). The van der Waals surface area contributed by atoms with Crippen LogP contribution in [0.4, 0.5) is 0 Å². The first-order valence-electron chi connectivity index (χ1n) is 5.49. The van der Waals surface area contributed by atoms with Gasteiger partial charge in [0.1, 0.15) is 6.61 Å². The van der Waals surface area contributed by atoms with Gasteiger partial charge in [-0.25, -0.2) is 0 Å². The predicted octanol–water partition coefficient (Wildman–Crippen LogP) is 1.32. The highest BCUT2D eigenvalue weighted by atomic mass is 16.5. The molecule has 0 atom stereocenters. The number of ether oxygens (including phenoxy) is 1. The van der Waals surface area contributed by atoms with Crippen LogP contribution in [0.2, 0.25) is 0 Å². The Morgan fingerprint density at radius 1 is 1.50 bits per heavy atom. The third kappa shape index (κ3) is 4.72. The number of carbonyl (C=O) groups is 1. The van der Waals surface area contributed by atoms with Crippen molar-refractivity contribution in [3.8, 4) is 0 Å². The lowest BCUT2D eigenvalue weighted by molar-refractivity contribution is -0.123. The van der Waals surface area contributed by atoms with Crippen LogP contribution in [0.3, 0.4) is 0 Å². The Bertz CT molecular complexity index is 178. The number of nitrogens with zero attached hydrogens (tertiary/aromatic N) is 1. The first kappa shape index (κ1) is 11.7. The first-order valence-corrected chi connectivity index (χ1v) is 5.49. The molecule has 0 aromatic rings. The SMILES string of the molecule is CCCN(CC(=O)COC)CC1CC1. The minimum Gasteiger partial charge on any atom is -0.377 e. The number of methoxy groups -OCH3 is 1. The molecular weight excluding hydrogens is 178 g/mol. The summed E-state index contributed by atoms with van der Waals surface area (Å²) in [6, 6.07) is 0. The molecule has 1 saturated carbocycles. The van der Waals surface area contributed by atoms with E-state index in [1.807, 2.05) is 0 Å². The van der Waals surface area contributed by atoms with Crippen LogP contribution < -0.4 is 0 Å². The zero-order valence-corrected chi connectivity index (χ0v) is 9.29. The maximum Gasteiger partial charge on any atom is 0.172 e. The highest BCUT2D eigenvalue weighted by Gasteiger charge is 2.24. The van der Waals surface area contributed by atoms with Crippen molar-refractivity contribution in [1.82, 2.24) is 4.90 Å². The van der Waals surface area contributed by atoms with Crippen molar-refractivity contribution in [3.05, 3.63) is 0 Å². The van der Waals surface area contributed by atoms with E-state index < -0.39 is 0 Å². The lowest BCUT2D eigenvalue weighted by atomic mass is 10.3. The molecule has 0 amide bonds. The number of hydrogen-bond donors (Lipinski definition) is 0. The molecule has 0 aromatic heterocycles. The Kier molecular flexibility index (Phi) is 5.12. The van der Waals surface area contributed by atoms with Crippen LogP contribution in [-0.2, 0) is 9.53 Å². The molecule has 0 N–H and O–H groups in total. The summed E-state index contributed by atoms with van der Waals surface area (Å²) < 4.78 is 4.83. The molecule has 0 spiro atoms. The van der Waals surface area contributed by atoms with Crippen molar-refractivity contribution < 1.29 is 9.53 Å². The molecule has 0 unspecified atom stereocenters. The summed E-state index contributed by atoms with van der Waals surface area (Å²) in [5, 5.41) is 0. The van der Waals surface area contributed by atoms with Gasteiger partial charge in [-0.2, -0.15) is 0 Å². The van der Waals surface area contributed by atoms with Gasteiger partial charge in [-0.05, 0) is 31.7 Å². The standard InChI is InChI=1S/C11H21NO2/c1-3-6-12(7-10-4-5-10)8-11(13)9-14-2/h10H,3-9H2,1-2H3. The van der Waals surface area contributed by atoms with Gasteiger partial charge in [0.15, 0.2) is 5.78 Å². The molecule has 3 heteroatoms. The first-order chi connectivity index (χ1) is 6.76. The second-order valence-corrected chi connectivity index (χ2v) is 4.15. The van der Waals surface area contributed by atoms with Crippen molar-refractivity contribution in [1.29, 1.82) is 0 Å². The molecule has 1 aliphatic rings. The van der Waals surface area contributed by atoms with Crippen LogP contribution in [-0.4, -0.2) is 44.0 Å². The Morgan fingerprint density at radius 3 is 2.71 bits per heavy atom. The van der Waals surface area contributed by atoms with Crippen molar-refractivity contribution in [2.24, 2.45) is 5.92 Å². The fourth-order valence-corrected chi connectivity index (χ4v) is 1.67. The topological polar surface area (TPSA) is 29.5 Å². The minimum absolute atomic E-state index is 0.196. The van der Waals surface area contributed by atoms with Gasteiger partial charge < -0.3 is 4.74 Å². The van der Waals surface area contributed by atoms with Gasteiger partial charge in [0.25, 0.3) is 0 Å². The van der Waals surface area contributed by atoms with Gasteiger partial charge in [0.2, 0.25) is 0 Å². The van der Waals surface area contributed by atoms with Crippen LogP contribution in [0, 0.1) is 5.92 Å². The van der Waals surface area contributed by atoms with Crippen LogP contribution >= 0.6 is 0 Å². The monoisotopic (exact) mass is 199 g/mol. The van der Waals surface area contributed by atoms with Gasteiger partial charge in [-0.15, -0.1) is 0 Å². The van der Waals surface area contributed by atoms with Gasteiger partial charge in [0.05, 0.1) is 6.54 Å². The number of carbonyl (C=O) groups excluding carboxylic acids is 1. The summed E-state index contributed by atoms with van der Waals surface area (Å²) in [5.74, 6) is 1.05. The number of Topliss-reactive ketones (excluding diaryl/α,β-unsaturated/α-hetero) is 1. The van der Waals surface area contributed by atoms with Crippen molar-refractivity contribution >= 4 is 5.78 Å².